The van der Waals surface area contributed by atoms with Gasteiger partial charge in [0, 0.05) is 18.8 Å². The molecule has 29 heavy (non-hydrogen) atoms. The van der Waals surface area contributed by atoms with Crippen LogP contribution < -0.4 is 10.2 Å². The summed E-state index contributed by atoms with van der Waals surface area (Å²) in [6, 6.07) is 9.39. The molecule has 1 amide bonds. The minimum absolute atomic E-state index is 0.105. The Labute approximate surface area is 167 Å². The van der Waals surface area contributed by atoms with E-state index in [9.17, 15) is 22.4 Å². The second kappa shape index (κ2) is 9.92. The summed E-state index contributed by atoms with van der Waals surface area (Å²) in [4.78, 5) is 16.7. The number of amides is 1. The maximum atomic E-state index is 13.2. The van der Waals surface area contributed by atoms with Crippen LogP contribution in [0.15, 0.2) is 42.5 Å². The second-order valence-corrected chi connectivity index (χ2v) is 6.46. The molecule has 0 radical (unpaired) electrons. The highest BCUT2D eigenvalue weighted by Gasteiger charge is 2.34. The van der Waals surface area contributed by atoms with Gasteiger partial charge in [0.1, 0.15) is 5.82 Å². The summed E-state index contributed by atoms with van der Waals surface area (Å²) in [6.45, 7) is 9.39. The quantitative estimate of drug-likeness (QED) is 0.496. The van der Waals surface area contributed by atoms with Crippen molar-refractivity contribution in [2.24, 2.45) is 0 Å². The Morgan fingerprint density at radius 2 is 1.86 bits per heavy atom. The molecule has 0 saturated heterocycles. The monoisotopic (exact) mass is 407 g/mol. The minimum atomic E-state index is -4.65. The van der Waals surface area contributed by atoms with Crippen LogP contribution in [0.25, 0.3) is 4.85 Å². The summed E-state index contributed by atoms with van der Waals surface area (Å²) < 4.78 is 52.5. The molecule has 8 heteroatoms. The Morgan fingerprint density at radius 1 is 1.17 bits per heavy atom. The molecular formula is C21H21F4N3O. The Morgan fingerprint density at radius 3 is 2.45 bits per heavy atom. The zero-order chi connectivity index (χ0) is 21.4. The number of carbonyl (C=O) groups is 1. The maximum absolute atomic E-state index is 13.2. The molecule has 0 atom stereocenters. The Balaban J connectivity index is 2.04. The summed E-state index contributed by atoms with van der Waals surface area (Å²) in [6.07, 6.45) is -3.50. The first-order valence-electron chi connectivity index (χ1n) is 9.09. The molecule has 154 valence electrons. The number of halogens is 4. The molecule has 0 unspecified atom stereocenters. The number of hydrogen-bond donors (Lipinski definition) is 1. The molecule has 0 aromatic heterocycles. The molecule has 0 bridgehead atoms. The molecular weight excluding hydrogens is 386 g/mol. The topological polar surface area (TPSA) is 36.7 Å². The zero-order valence-corrected chi connectivity index (χ0v) is 15.9. The van der Waals surface area contributed by atoms with Crippen molar-refractivity contribution in [2.75, 3.05) is 24.5 Å². The average Bonchev–Trinajstić information content (AvgIpc) is 2.68. The van der Waals surface area contributed by atoms with E-state index in [-0.39, 0.29) is 24.0 Å². The fourth-order valence-corrected chi connectivity index (χ4v) is 2.84. The van der Waals surface area contributed by atoms with Gasteiger partial charge in [-0.05, 0) is 42.7 Å². The van der Waals surface area contributed by atoms with Gasteiger partial charge in [-0.3, -0.25) is 4.79 Å². The number of alkyl halides is 3. The van der Waals surface area contributed by atoms with Crippen molar-refractivity contribution in [1.82, 2.24) is 5.32 Å². The van der Waals surface area contributed by atoms with Gasteiger partial charge in [-0.25, -0.2) is 9.24 Å². The van der Waals surface area contributed by atoms with Crippen molar-refractivity contribution >= 4 is 17.3 Å². The zero-order valence-electron chi connectivity index (χ0n) is 15.9. The van der Waals surface area contributed by atoms with Crippen LogP contribution in [0.3, 0.4) is 0 Å². The van der Waals surface area contributed by atoms with Gasteiger partial charge in [0.2, 0.25) is 5.91 Å². The first-order chi connectivity index (χ1) is 13.7. The number of benzene rings is 2. The Hall–Kier alpha value is -3.08. The van der Waals surface area contributed by atoms with Gasteiger partial charge in [0.05, 0.1) is 18.7 Å². The van der Waals surface area contributed by atoms with E-state index < -0.39 is 17.4 Å². The van der Waals surface area contributed by atoms with Crippen LogP contribution in [-0.4, -0.2) is 25.5 Å². The normalized spacial score (nSPS) is 11.0. The van der Waals surface area contributed by atoms with Gasteiger partial charge in [0.15, 0.2) is 5.69 Å². The molecule has 0 aliphatic heterocycles. The summed E-state index contributed by atoms with van der Waals surface area (Å²) in [5.74, 6) is -0.668. The highest BCUT2D eigenvalue weighted by Crippen LogP contribution is 2.38. The lowest BCUT2D eigenvalue weighted by molar-refractivity contribution is -0.136. The minimum Gasteiger partial charge on any atom is -0.362 e. The summed E-state index contributed by atoms with van der Waals surface area (Å²) >= 11 is 0. The van der Waals surface area contributed by atoms with Crippen molar-refractivity contribution in [1.29, 1.82) is 0 Å². The number of nitrogens with zero attached hydrogens (tertiary/aromatic N) is 2. The first kappa shape index (κ1) is 22.2. The average molecular weight is 407 g/mol. The summed E-state index contributed by atoms with van der Waals surface area (Å²) in [5, 5.41) is 2.73. The predicted molar refractivity (Wildman–Crippen MR) is 103 cm³/mol. The van der Waals surface area contributed by atoms with Crippen LogP contribution in [-0.2, 0) is 17.4 Å². The highest BCUT2D eigenvalue weighted by molar-refractivity contribution is 5.81. The molecule has 2 aromatic rings. The molecule has 0 saturated carbocycles. The van der Waals surface area contributed by atoms with Gasteiger partial charge in [-0.1, -0.05) is 25.1 Å². The Bertz CT molecular complexity index is 873. The highest BCUT2D eigenvalue weighted by atomic mass is 19.4. The molecule has 1 N–H and O–H groups in total. The van der Waals surface area contributed by atoms with Gasteiger partial charge >= 0.3 is 6.18 Å². The van der Waals surface area contributed by atoms with E-state index >= 15 is 0 Å². The van der Waals surface area contributed by atoms with Gasteiger partial charge in [0.25, 0.3) is 0 Å². The van der Waals surface area contributed by atoms with Gasteiger partial charge < -0.3 is 10.2 Å². The van der Waals surface area contributed by atoms with Crippen molar-refractivity contribution in [3.8, 4) is 0 Å². The van der Waals surface area contributed by atoms with Crippen LogP contribution in [0.4, 0.5) is 28.9 Å². The van der Waals surface area contributed by atoms with E-state index in [4.69, 9.17) is 6.57 Å². The van der Waals surface area contributed by atoms with Crippen LogP contribution in [0.2, 0.25) is 0 Å². The molecule has 0 heterocycles. The lowest BCUT2D eigenvalue weighted by Gasteiger charge is -2.25. The smallest absolute Gasteiger partial charge is 0.362 e. The van der Waals surface area contributed by atoms with Gasteiger partial charge in [-0.2, -0.15) is 13.2 Å². The van der Waals surface area contributed by atoms with Crippen LogP contribution in [0, 0.1) is 12.4 Å². The van der Waals surface area contributed by atoms with Crippen LogP contribution >= 0.6 is 0 Å². The third kappa shape index (κ3) is 6.49. The van der Waals surface area contributed by atoms with Crippen molar-refractivity contribution in [2.45, 2.75) is 25.9 Å². The largest absolute Gasteiger partial charge is 0.407 e. The first-order valence-corrected chi connectivity index (χ1v) is 9.09. The standard InChI is InChI=1S/C21H21F4N3O/c1-3-12-28(17-8-9-19(26-2)18(13-17)21(23,24)25)14-20(29)27-11-10-15-4-6-16(22)7-5-15/h4-9,13H,3,10-12,14H2,1H3,(H,27,29). The van der Waals surface area contributed by atoms with Crippen LogP contribution in [0.5, 0.6) is 0 Å². The fourth-order valence-electron chi connectivity index (χ4n) is 2.84. The number of rotatable bonds is 8. The molecule has 0 aliphatic rings. The lowest BCUT2D eigenvalue weighted by Crippen LogP contribution is -2.38. The number of nitrogens with one attached hydrogen (secondary N) is 1. The van der Waals surface area contributed by atoms with Gasteiger partial charge in [-0.15, -0.1) is 0 Å². The van der Waals surface area contributed by atoms with E-state index in [0.717, 1.165) is 17.7 Å². The van der Waals surface area contributed by atoms with Crippen molar-refractivity contribution in [3.05, 3.63) is 70.8 Å². The van der Waals surface area contributed by atoms with E-state index in [2.05, 4.69) is 10.2 Å². The van der Waals surface area contributed by atoms with E-state index in [1.165, 1.54) is 18.2 Å². The van der Waals surface area contributed by atoms with E-state index in [1.54, 1.807) is 17.0 Å². The number of anilines is 1. The molecule has 4 nitrogen and oxygen atoms in total. The molecule has 0 fully saturated rings. The van der Waals surface area contributed by atoms with Crippen LogP contribution in [0.1, 0.15) is 24.5 Å². The van der Waals surface area contributed by atoms with E-state index in [1.807, 2.05) is 6.92 Å². The van der Waals surface area contributed by atoms with E-state index in [0.29, 0.717) is 25.9 Å². The summed E-state index contributed by atoms with van der Waals surface area (Å²) in [5.41, 5.74) is -0.383. The summed E-state index contributed by atoms with van der Waals surface area (Å²) in [7, 11) is 0. The molecule has 2 rings (SSSR count). The van der Waals surface area contributed by atoms with Crippen molar-refractivity contribution in [3.63, 3.8) is 0 Å². The molecule has 0 aliphatic carbocycles. The predicted octanol–water partition coefficient (Wildman–Crippen LogP) is 4.97. The number of hydrogen-bond acceptors (Lipinski definition) is 2. The third-order valence-electron chi connectivity index (χ3n) is 4.25. The maximum Gasteiger partial charge on any atom is 0.407 e. The third-order valence-corrected chi connectivity index (χ3v) is 4.25. The number of carbonyl (C=O) groups excluding carboxylic acids is 1. The second-order valence-electron chi connectivity index (χ2n) is 6.46. The fraction of sp³-hybridized carbons (Fsp3) is 0.333. The van der Waals surface area contributed by atoms with Crippen molar-refractivity contribution < 1.29 is 22.4 Å². The Kier molecular flexibility index (Phi) is 7.59. The molecule has 2 aromatic carbocycles. The lowest BCUT2D eigenvalue weighted by atomic mass is 10.1. The SMILES string of the molecule is [C-]#[N+]c1ccc(N(CCC)CC(=O)NCCc2ccc(F)cc2)cc1C(F)(F)F. The molecule has 0 spiro atoms.